The van der Waals surface area contributed by atoms with Crippen molar-refractivity contribution < 1.29 is 19.1 Å². The maximum Gasteiger partial charge on any atom is 0.341 e. The Morgan fingerprint density at radius 1 is 1.20 bits per heavy atom. The number of carbonyl (C=O) groups is 1. The molecular weight excluding hydrogens is 512 g/mol. The number of rotatable bonds is 9. The summed E-state index contributed by atoms with van der Waals surface area (Å²) in [5.41, 5.74) is 6.21. The van der Waals surface area contributed by atoms with Crippen LogP contribution in [0.25, 0.3) is 22.4 Å². The van der Waals surface area contributed by atoms with E-state index in [2.05, 4.69) is 34.6 Å². The van der Waals surface area contributed by atoms with Gasteiger partial charge in [0.05, 0.1) is 17.9 Å². The molecule has 11 heteroatoms. The van der Waals surface area contributed by atoms with E-state index in [-0.39, 0.29) is 17.9 Å². The molecule has 216 valence electrons. The molecule has 1 unspecified atom stereocenters. The van der Waals surface area contributed by atoms with Gasteiger partial charge >= 0.3 is 6.03 Å². The molecule has 2 aliphatic rings. The van der Waals surface area contributed by atoms with Crippen molar-refractivity contribution in [1.82, 2.24) is 30.1 Å². The molecule has 4 heterocycles. The van der Waals surface area contributed by atoms with Crippen molar-refractivity contribution in [3.63, 3.8) is 0 Å². The summed E-state index contributed by atoms with van der Waals surface area (Å²) in [6.07, 6.45) is 6.84. The van der Waals surface area contributed by atoms with E-state index in [0.29, 0.717) is 54.8 Å². The summed E-state index contributed by atoms with van der Waals surface area (Å²) in [7, 11) is 1.78. The SMILES string of the molecule is CCCc1nn(C)c2c(=O)[nH]c(-c3cc(CC4CCN(C(=O)NOC5CCCCO5)CC4)ccc3OCC)nc12. The molecule has 5 rings (SSSR count). The highest BCUT2D eigenvalue weighted by Gasteiger charge is 2.25. The average molecular weight is 553 g/mol. The highest BCUT2D eigenvalue weighted by atomic mass is 16.8. The molecule has 0 spiro atoms. The lowest BCUT2D eigenvalue weighted by atomic mass is 9.89. The van der Waals surface area contributed by atoms with Gasteiger partial charge in [0.2, 0.25) is 0 Å². The van der Waals surface area contributed by atoms with E-state index in [1.54, 1.807) is 16.6 Å². The highest BCUT2D eigenvalue weighted by molar-refractivity contribution is 5.80. The van der Waals surface area contributed by atoms with Gasteiger partial charge in [-0.1, -0.05) is 19.4 Å². The molecule has 2 aromatic heterocycles. The van der Waals surface area contributed by atoms with Crippen molar-refractivity contribution in [2.45, 2.75) is 71.5 Å². The molecular formula is C29H40N6O5. The number of aromatic nitrogens is 4. The number of aromatic amines is 1. The first-order chi connectivity index (χ1) is 19.5. The van der Waals surface area contributed by atoms with E-state index in [4.69, 9.17) is 19.3 Å². The predicted molar refractivity (Wildman–Crippen MR) is 151 cm³/mol. The van der Waals surface area contributed by atoms with Gasteiger partial charge in [-0.2, -0.15) is 5.10 Å². The molecule has 3 aromatic rings. The minimum Gasteiger partial charge on any atom is -0.493 e. The zero-order chi connectivity index (χ0) is 28.1. The zero-order valence-electron chi connectivity index (χ0n) is 23.7. The van der Waals surface area contributed by atoms with Crippen LogP contribution >= 0.6 is 0 Å². The number of hydroxylamine groups is 1. The number of nitrogens with zero attached hydrogens (tertiary/aromatic N) is 4. The van der Waals surface area contributed by atoms with Crippen LogP contribution in [0.2, 0.25) is 0 Å². The molecule has 2 N–H and O–H groups in total. The van der Waals surface area contributed by atoms with Gasteiger partial charge < -0.3 is 19.4 Å². The van der Waals surface area contributed by atoms with E-state index in [1.165, 1.54) is 0 Å². The molecule has 2 saturated heterocycles. The van der Waals surface area contributed by atoms with Crippen LogP contribution in [-0.2, 0) is 29.5 Å². The summed E-state index contributed by atoms with van der Waals surface area (Å²) < 4.78 is 13.1. The Kier molecular flexibility index (Phi) is 9.01. The number of benzene rings is 1. The summed E-state index contributed by atoms with van der Waals surface area (Å²) in [6.45, 7) is 6.54. The number of likely N-dealkylation sites (tertiary alicyclic amines) is 1. The van der Waals surface area contributed by atoms with E-state index in [9.17, 15) is 9.59 Å². The van der Waals surface area contributed by atoms with E-state index in [1.807, 2.05) is 13.0 Å². The number of hydrogen-bond acceptors (Lipinski definition) is 7. The van der Waals surface area contributed by atoms with Crippen molar-refractivity contribution in [2.24, 2.45) is 13.0 Å². The number of aryl methyl sites for hydroxylation is 2. The smallest absolute Gasteiger partial charge is 0.341 e. The largest absolute Gasteiger partial charge is 0.493 e. The number of fused-ring (bicyclic) bond motifs is 1. The second kappa shape index (κ2) is 12.8. The third-order valence-electron chi connectivity index (χ3n) is 7.69. The van der Waals surface area contributed by atoms with Crippen LogP contribution < -0.4 is 15.8 Å². The van der Waals surface area contributed by atoms with Crippen molar-refractivity contribution >= 4 is 17.1 Å². The fraction of sp³-hybridized carbons (Fsp3) is 0.586. The van der Waals surface area contributed by atoms with Crippen molar-refractivity contribution in [3.8, 4) is 17.1 Å². The van der Waals surface area contributed by atoms with Gasteiger partial charge in [-0.25, -0.2) is 20.1 Å². The number of carbonyl (C=O) groups excluding carboxylic acids is 1. The van der Waals surface area contributed by atoms with Gasteiger partial charge in [-0.3, -0.25) is 9.48 Å². The summed E-state index contributed by atoms with van der Waals surface area (Å²) in [5, 5.41) is 4.54. The number of amides is 2. The first-order valence-corrected chi connectivity index (χ1v) is 14.5. The molecule has 0 bridgehead atoms. The van der Waals surface area contributed by atoms with Crippen LogP contribution in [0, 0.1) is 5.92 Å². The quantitative estimate of drug-likeness (QED) is 0.383. The molecule has 0 radical (unpaired) electrons. The lowest BCUT2D eigenvalue weighted by Gasteiger charge is -2.32. The summed E-state index contributed by atoms with van der Waals surface area (Å²) in [5.74, 6) is 1.60. The van der Waals surface area contributed by atoms with Gasteiger partial charge in [-0.15, -0.1) is 0 Å². The average Bonchev–Trinajstić information content (AvgIpc) is 3.29. The molecule has 0 aliphatic carbocycles. The van der Waals surface area contributed by atoms with Crippen LogP contribution in [0.5, 0.6) is 5.75 Å². The maximum atomic E-state index is 13.1. The number of urea groups is 1. The topological polar surface area (TPSA) is 124 Å². The fourth-order valence-corrected chi connectivity index (χ4v) is 5.61. The van der Waals surface area contributed by atoms with Crippen LogP contribution in [0.1, 0.15) is 63.6 Å². The number of piperidine rings is 1. The number of nitrogens with one attached hydrogen (secondary N) is 2. The third-order valence-corrected chi connectivity index (χ3v) is 7.69. The Balaban J connectivity index is 1.28. The van der Waals surface area contributed by atoms with Crippen molar-refractivity contribution in [1.29, 1.82) is 0 Å². The Hall–Kier alpha value is -3.44. The molecule has 2 amide bonds. The van der Waals surface area contributed by atoms with Crippen molar-refractivity contribution in [2.75, 3.05) is 26.3 Å². The fourth-order valence-electron chi connectivity index (χ4n) is 5.61. The number of hydrogen-bond donors (Lipinski definition) is 2. The van der Waals surface area contributed by atoms with E-state index < -0.39 is 0 Å². The summed E-state index contributed by atoms with van der Waals surface area (Å²) in [6, 6.07) is 5.90. The molecule has 40 heavy (non-hydrogen) atoms. The molecule has 0 saturated carbocycles. The van der Waals surface area contributed by atoms with Gasteiger partial charge in [0, 0.05) is 33.2 Å². The van der Waals surface area contributed by atoms with E-state index in [0.717, 1.165) is 68.2 Å². The third kappa shape index (κ3) is 6.31. The summed E-state index contributed by atoms with van der Waals surface area (Å²) >= 11 is 0. The Bertz CT molecular complexity index is 1370. The molecule has 1 aromatic carbocycles. The first kappa shape index (κ1) is 28.1. The van der Waals surface area contributed by atoms with Gasteiger partial charge in [0.1, 0.15) is 17.1 Å². The predicted octanol–water partition coefficient (Wildman–Crippen LogP) is 4.10. The van der Waals surface area contributed by atoms with Crippen molar-refractivity contribution in [3.05, 3.63) is 39.8 Å². The normalized spacial score (nSPS) is 18.3. The Morgan fingerprint density at radius 2 is 2.02 bits per heavy atom. The Labute approximate surface area is 234 Å². The molecule has 2 aliphatic heterocycles. The lowest BCUT2D eigenvalue weighted by Crippen LogP contribution is -2.46. The maximum absolute atomic E-state index is 13.1. The van der Waals surface area contributed by atoms with E-state index >= 15 is 0 Å². The first-order valence-electron chi connectivity index (χ1n) is 14.5. The molecule has 2 fully saturated rings. The van der Waals surface area contributed by atoms with Crippen LogP contribution in [0.4, 0.5) is 4.79 Å². The summed E-state index contributed by atoms with van der Waals surface area (Å²) in [4.78, 5) is 40.7. The number of H-pyrrole nitrogens is 1. The minimum absolute atomic E-state index is 0.209. The van der Waals surface area contributed by atoms with Gasteiger partial charge in [-0.05, 0) is 69.1 Å². The zero-order valence-corrected chi connectivity index (χ0v) is 23.7. The van der Waals surface area contributed by atoms with Gasteiger partial charge in [0.25, 0.3) is 5.56 Å². The standard InChI is InChI=1S/C29H40N6O5/c1-4-8-22-25-26(34(3)32-22)28(36)31-27(30-25)21-18-20(10-11-23(21)38-5-2)17-19-12-14-35(15-13-19)29(37)33-40-24-9-6-7-16-39-24/h10-11,18-19,24H,4-9,12-17H2,1-3H3,(H,33,37)(H,30,31,36). The monoisotopic (exact) mass is 552 g/mol. The minimum atomic E-state index is -0.356. The molecule has 1 atom stereocenters. The second-order valence-corrected chi connectivity index (χ2v) is 10.7. The lowest BCUT2D eigenvalue weighted by molar-refractivity contribution is -0.187. The molecule has 11 nitrogen and oxygen atoms in total. The van der Waals surface area contributed by atoms with Gasteiger partial charge in [0.15, 0.2) is 11.8 Å². The number of ether oxygens (including phenoxy) is 2. The Morgan fingerprint density at radius 3 is 2.75 bits per heavy atom. The highest BCUT2D eigenvalue weighted by Crippen LogP contribution is 2.32. The second-order valence-electron chi connectivity index (χ2n) is 10.7. The van der Waals surface area contributed by atoms with Crippen LogP contribution in [0.3, 0.4) is 0 Å². The van der Waals surface area contributed by atoms with Crippen LogP contribution in [0.15, 0.2) is 23.0 Å². The van der Waals surface area contributed by atoms with Crippen LogP contribution in [-0.4, -0.2) is 63.3 Å².